The van der Waals surface area contributed by atoms with E-state index in [1.54, 1.807) is 29.0 Å². The molecule has 172 valence electrons. The van der Waals surface area contributed by atoms with Crippen molar-refractivity contribution in [3.8, 4) is 17.7 Å². The van der Waals surface area contributed by atoms with Crippen LogP contribution in [0.1, 0.15) is 31.2 Å². The fraction of sp³-hybridized carbons (Fsp3) is 0.417. The highest BCUT2D eigenvalue weighted by atomic mass is 16.5. The Hall–Kier alpha value is -3.80. The summed E-state index contributed by atoms with van der Waals surface area (Å²) in [5.74, 6) is 0.990. The summed E-state index contributed by atoms with van der Waals surface area (Å²) in [5, 5.41) is 11.9. The van der Waals surface area contributed by atoms with Crippen LogP contribution < -0.4 is 19.7 Å². The number of urea groups is 1. The Kier molecular flexibility index (Phi) is 6.93. The number of aromatic nitrogens is 1. The third-order valence-corrected chi connectivity index (χ3v) is 6.00. The van der Waals surface area contributed by atoms with Crippen molar-refractivity contribution in [3.63, 3.8) is 0 Å². The molecule has 33 heavy (non-hydrogen) atoms. The van der Waals surface area contributed by atoms with E-state index in [0.717, 1.165) is 25.7 Å². The summed E-state index contributed by atoms with van der Waals surface area (Å²) in [6.07, 6.45) is 4.74. The van der Waals surface area contributed by atoms with Gasteiger partial charge in [0.15, 0.2) is 0 Å². The molecule has 0 atom stereocenters. The highest BCUT2D eigenvalue weighted by Crippen LogP contribution is 2.30. The van der Waals surface area contributed by atoms with E-state index in [1.165, 1.54) is 6.20 Å². The lowest BCUT2D eigenvalue weighted by Gasteiger charge is -2.29. The lowest BCUT2D eigenvalue weighted by molar-refractivity contribution is -0.122. The number of methoxy groups -OCH3 is 1. The topological polar surface area (TPSA) is 108 Å². The van der Waals surface area contributed by atoms with Gasteiger partial charge in [-0.3, -0.25) is 9.69 Å². The quantitative estimate of drug-likeness (QED) is 0.696. The van der Waals surface area contributed by atoms with E-state index >= 15 is 0 Å². The third kappa shape index (κ3) is 5.34. The van der Waals surface area contributed by atoms with Crippen molar-refractivity contribution in [2.24, 2.45) is 0 Å². The number of hydrogen-bond acceptors (Lipinski definition) is 6. The molecule has 0 spiro atoms. The summed E-state index contributed by atoms with van der Waals surface area (Å²) in [7, 11) is 1.57. The predicted molar refractivity (Wildman–Crippen MR) is 121 cm³/mol. The van der Waals surface area contributed by atoms with Crippen LogP contribution in [0.2, 0.25) is 0 Å². The maximum Gasteiger partial charge on any atom is 0.325 e. The summed E-state index contributed by atoms with van der Waals surface area (Å²) in [4.78, 5) is 32.8. The Morgan fingerprint density at radius 3 is 2.67 bits per heavy atom. The molecule has 3 amide bonds. The number of anilines is 1. The second-order valence-electron chi connectivity index (χ2n) is 8.18. The Morgan fingerprint density at radius 1 is 1.18 bits per heavy atom. The largest absolute Gasteiger partial charge is 0.495 e. The van der Waals surface area contributed by atoms with Gasteiger partial charge < -0.3 is 19.7 Å². The van der Waals surface area contributed by atoms with Gasteiger partial charge in [-0.15, -0.1) is 0 Å². The second kappa shape index (κ2) is 10.2. The molecule has 1 N–H and O–H groups in total. The molecule has 1 saturated carbocycles. The molecule has 2 fully saturated rings. The van der Waals surface area contributed by atoms with Crippen LogP contribution in [0.5, 0.6) is 11.6 Å². The number of benzene rings is 1. The predicted octanol–water partition coefficient (Wildman–Crippen LogP) is 2.71. The summed E-state index contributed by atoms with van der Waals surface area (Å²) < 4.78 is 11.3. The van der Waals surface area contributed by atoms with Crippen LogP contribution in [0.4, 0.5) is 10.5 Å². The standard InChI is InChI=1S/C24H27N5O4/c1-32-21-5-3-2-4-20(21)29-13-12-28(24(29)31)16-22(30)27-18-7-9-19(10-8-18)33-23-11-6-17(14-25)15-26-23/h2-6,11,15,18-19H,7-10,12-13,16H2,1H3,(H,27,30). The first-order valence-corrected chi connectivity index (χ1v) is 11.1. The van der Waals surface area contributed by atoms with Crippen LogP contribution in [0.3, 0.4) is 0 Å². The third-order valence-electron chi connectivity index (χ3n) is 6.00. The van der Waals surface area contributed by atoms with Crippen LogP contribution in [-0.4, -0.2) is 60.7 Å². The maximum absolute atomic E-state index is 12.8. The molecule has 2 heterocycles. The van der Waals surface area contributed by atoms with Crippen LogP contribution in [0, 0.1) is 11.3 Å². The van der Waals surface area contributed by atoms with Crippen LogP contribution in [0.25, 0.3) is 0 Å². The van der Waals surface area contributed by atoms with Crippen LogP contribution in [0.15, 0.2) is 42.6 Å². The monoisotopic (exact) mass is 449 g/mol. The SMILES string of the molecule is COc1ccccc1N1CCN(CC(=O)NC2CCC(Oc3ccc(C#N)cn3)CC2)C1=O. The molecule has 1 aliphatic carbocycles. The van der Waals surface area contributed by atoms with Crippen molar-refractivity contribution in [2.45, 2.75) is 37.8 Å². The number of para-hydroxylation sites is 2. The average Bonchev–Trinajstić information content (AvgIpc) is 3.20. The fourth-order valence-corrected chi connectivity index (χ4v) is 4.26. The number of hydrogen-bond donors (Lipinski definition) is 1. The van der Waals surface area contributed by atoms with Crippen molar-refractivity contribution >= 4 is 17.6 Å². The molecule has 0 radical (unpaired) electrons. The maximum atomic E-state index is 12.8. The van der Waals surface area contributed by atoms with Gasteiger partial charge in [-0.05, 0) is 43.9 Å². The zero-order valence-corrected chi connectivity index (χ0v) is 18.6. The fourth-order valence-electron chi connectivity index (χ4n) is 4.26. The summed E-state index contributed by atoms with van der Waals surface area (Å²) in [5.41, 5.74) is 1.21. The Balaban J connectivity index is 1.23. The molecule has 0 bridgehead atoms. The summed E-state index contributed by atoms with van der Waals surface area (Å²) >= 11 is 0. The van der Waals surface area contributed by atoms with Gasteiger partial charge >= 0.3 is 6.03 Å². The molecule has 4 rings (SSSR count). The lowest BCUT2D eigenvalue weighted by atomic mass is 9.93. The van der Waals surface area contributed by atoms with Gasteiger partial charge in [0.05, 0.1) is 18.4 Å². The number of amides is 3. The van der Waals surface area contributed by atoms with E-state index < -0.39 is 0 Å². The smallest absolute Gasteiger partial charge is 0.325 e. The molecule has 9 nitrogen and oxygen atoms in total. The normalized spacial score (nSPS) is 20.3. The van der Waals surface area contributed by atoms with E-state index in [1.807, 2.05) is 30.3 Å². The number of nitrogens with one attached hydrogen (secondary N) is 1. The van der Waals surface area contributed by atoms with Crippen LogP contribution >= 0.6 is 0 Å². The molecule has 2 aromatic rings. The highest BCUT2D eigenvalue weighted by Gasteiger charge is 2.33. The zero-order valence-electron chi connectivity index (χ0n) is 18.6. The first-order chi connectivity index (χ1) is 16.1. The van der Waals surface area contributed by atoms with Crippen molar-refractivity contribution < 1.29 is 19.1 Å². The van der Waals surface area contributed by atoms with E-state index in [4.69, 9.17) is 14.7 Å². The molecule has 9 heteroatoms. The van der Waals surface area contributed by atoms with Crippen LogP contribution in [-0.2, 0) is 4.79 Å². The minimum absolute atomic E-state index is 0.0353. The van der Waals surface area contributed by atoms with Gasteiger partial charge in [-0.25, -0.2) is 9.78 Å². The molecule has 2 aliphatic rings. The van der Waals surface area contributed by atoms with E-state index in [-0.39, 0.29) is 30.6 Å². The minimum Gasteiger partial charge on any atom is -0.495 e. The second-order valence-corrected chi connectivity index (χ2v) is 8.18. The number of carbonyl (C=O) groups excluding carboxylic acids is 2. The summed E-state index contributed by atoms with van der Waals surface area (Å²) in [6, 6.07) is 12.7. The number of carbonyl (C=O) groups is 2. The minimum atomic E-state index is -0.193. The van der Waals surface area contributed by atoms with Crippen molar-refractivity contribution in [2.75, 3.05) is 31.6 Å². The molecule has 1 aromatic heterocycles. The molecular weight excluding hydrogens is 422 g/mol. The summed E-state index contributed by atoms with van der Waals surface area (Å²) in [6.45, 7) is 1.04. The molecule has 1 saturated heterocycles. The van der Waals surface area contributed by atoms with E-state index in [9.17, 15) is 9.59 Å². The highest BCUT2D eigenvalue weighted by molar-refractivity contribution is 5.97. The van der Waals surface area contributed by atoms with Crippen molar-refractivity contribution in [3.05, 3.63) is 48.2 Å². The van der Waals surface area contributed by atoms with Gasteiger partial charge in [0.25, 0.3) is 0 Å². The molecule has 1 aromatic carbocycles. The molecular formula is C24H27N5O4. The number of pyridine rings is 1. The van der Waals surface area contributed by atoms with Gasteiger partial charge in [-0.2, -0.15) is 5.26 Å². The number of nitrogens with zero attached hydrogens (tertiary/aromatic N) is 4. The first kappa shape index (κ1) is 22.4. The Labute approximate surface area is 192 Å². The Bertz CT molecular complexity index is 1030. The number of rotatable bonds is 7. The average molecular weight is 450 g/mol. The van der Waals surface area contributed by atoms with Crippen molar-refractivity contribution in [1.82, 2.24) is 15.2 Å². The molecule has 0 unspecified atom stereocenters. The first-order valence-electron chi connectivity index (χ1n) is 11.1. The van der Waals surface area contributed by atoms with E-state index in [0.29, 0.717) is 36.0 Å². The lowest BCUT2D eigenvalue weighted by Crippen LogP contribution is -2.45. The Morgan fingerprint density at radius 2 is 1.97 bits per heavy atom. The molecule has 1 aliphatic heterocycles. The van der Waals surface area contributed by atoms with Gasteiger partial charge in [0.1, 0.15) is 24.5 Å². The zero-order chi connectivity index (χ0) is 23.2. The van der Waals surface area contributed by atoms with Gasteiger partial charge in [-0.1, -0.05) is 12.1 Å². The number of nitriles is 1. The van der Waals surface area contributed by atoms with E-state index in [2.05, 4.69) is 10.3 Å². The number of ether oxygens (including phenoxy) is 2. The van der Waals surface area contributed by atoms with Gasteiger partial charge in [0, 0.05) is 31.4 Å². The van der Waals surface area contributed by atoms with Crippen molar-refractivity contribution in [1.29, 1.82) is 5.26 Å². The van der Waals surface area contributed by atoms with Gasteiger partial charge in [0.2, 0.25) is 11.8 Å².